The highest BCUT2D eigenvalue weighted by Gasteiger charge is 2.50. The van der Waals surface area contributed by atoms with Gasteiger partial charge < -0.3 is 14.4 Å². The number of hydrogen-bond donors (Lipinski definition) is 0. The van der Waals surface area contributed by atoms with Crippen LogP contribution in [0.1, 0.15) is 41.0 Å². The molecule has 1 amide bonds. The molecule has 0 atom stereocenters. The van der Waals surface area contributed by atoms with Gasteiger partial charge in [-0.1, -0.05) is 0 Å². The zero-order valence-corrected chi connectivity index (χ0v) is 19.0. The van der Waals surface area contributed by atoms with Crippen molar-refractivity contribution < 1.29 is 31.8 Å². The first-order chi connectivity index (χ1) is 16.4. The number of carbonyl (C=O) groups excluding carboxylic acids is 1. The average Bonchev–Trinajstić information content (AvgIpc) is 3.37. The number of halogens is 4. The van der Waals surface area contributed by atoms with E-state index in [4.69, 9.17) is 9.47 Å². The van der Waals surface area contributed by atoms with Crippen LogP contribution in [0.5, 0.6) is 11.5 Å². The minimum atomic E-state index is -4.72. The molecule has 0 saturated heterocycles. The summed E-state index contributed by atoms with van der Waals surface area (Å²) < 4.78 is 65.7. The van der Waals surface area contributed by atoms with Crippen LogP contribution in [0, 0.1) is 17.1 Å². The summed E-state index contributed by atoms with van der Waals surface area (Å²) in [6, 6.07) is 10.0. The molecule has 0 aliphatic carbocycles. The van der Waals surface area contributed by atoms with E-state index in [0.29, 0.717) is 11.4 Å². The van der Waals surface area contributed by atoms with Crippen LogP contribution in [0.3, 0.4) is 0 Å². The topological polar surface area (TPSA) is 80.4 Å². The molecule has 35 heavy (non-hydrogen) atoms. The maximum Gasteiger partial charge on any atom is 0.427 e. The van der Waals surface area contributed by atoms with E-state index in [1.807, 2.05) is 6.07 Å². The molecule has 2 aromatic carbocycles. The van der Waals surface area contributed by atoms with Gasteiger partial charge in [0.05, 0.1) is 30.6 Å². The number of benzene rings is 2. The van der Waals surface area contributed by atoms with Gasteiger partial charge in [-0.2, -0.15) is 23.5 Å². The number of alkyl halides is 3. The number of nitrogens with zero attached hydrogens (tertiary/aromatic N) is 4. The normalized spacial score (nSPS) is 13.4. The van der Waals surface area contributed by atoms with Crippen LogP contribution >= 0.6 is 0 Å². The van der Waals surface area contributed by atoms with Crippen molar-refractivity contribution >= 4 is 5.91 Å². The summed E-state index contributed by atoms with van der Waals surface area (Å²) in [7, 11) is 1.22. The zero-order chi connectivity index (χ0) is 25.5. The smallest absolute Gasteiger partial charge is 0.427 e. The lowest BCUT2D eigenvalue weighted by Gasteiger charge is -2.30. The van der Waals surface area contributed by atoms with Gasteiger partial charge in [0, 0.05) is 18.3 Å². The van der Waals surface area contributed by atoms with Gasteiger partial charge in [0.25, 0.3) is 5.91 Å². The van der Waals surface area contributed by atoms with Crippen molar-refractivity contribution in [3.8, 4) is 23.3 Å². The first kappa shape index (κ1) is 24.1. The van der Waals surface area contributed by atoms with E-state index in [9.17, 15) is 27.6 Å². The molecular weight excluding hydrogens is 468 g/mol. The highest BCUT2D eigenvalue weighted by Crippen LogP contribution is 2.40. The molecule has 0 radical (unpaired) electrons. The Morgan fingerprint density at radius 1 is 1.11 bits per heavy atom. The van der Waals surface area contributed by atoms with Crippen LogP contribution in [0.4, 0.5) is 17.6 Å². The SMILES string of the molecule is COc1c(C#N)ccc(OC(C)(C)C(F)(F)F)c1C(=O)N1Cc2cn(-c3ccc(F)cc3)nc2C1. The third-order valence-corrected chi connectivity index (χ3v) is 5.66. The second-order valence-electron chi connectivity index (χ2n) is 8.42. The van der Waals surface area contributed by atoms with E-state index in [2.05, 4.69) is 5.10 Å². The number of ether oxygens (including phenoxy) is 2. The molecule has 0 N–H and O–H groups in total. The Bertz CT molecular complexity index is 1300. The lowest BCUT2D eigenvalue weighted by Crippen LogP contribution is -2.45. The zero-order valence-electron chi connectivity index (χ0n) is 19.0. The first-order valence-corrected chi connectivity index (χ1v) is 10.4. The van der Waals surface area contributed by atoms with Crippen LogP contribution in [-0.4, -0.2) is 39.5 Å². The van der Waals surface area contributed by atoms with Crippen molar-refractivity contribution in [1.82, 2.24) is 14.7 Å². The summed E-state index contributed by atoms with van der Waals surface area (Å²) in [6.07, 6.45) is -3.02. The fourth-order valence-electron chi connectivity index (χ4n) is 3.67. The average molecular weight is 488 g/mol. The molecule has 11 heteroatoms. The molecule has 2 heterocycles. The molecule has 1 aliphatic heterocycles. The second-order valence-corrected chi connectivity index (χ2v) is 8.42. The van der Waals surface area contributed by atoms with E-state index in [-0.39, 0.29) is 41.5 Å². The predicted octanol–water partition coefficient (Wildman–Crippen LogP) is 4.77. The Kier molecular flexibility index (Phi) is 5.92. The maximum absolute atomic E-state index is 13.5. The van der Waals surface area contributed by atoms with Crippen molar-refractivity contribution in [1.29, 1.82) is 5.26 Å². The standard InChI is InChI=1S/C24H20F4N4O3/c1-23(2,24(26,27)28)35-19-9-4-14(10-29)21(34-3)20(19)22(33)31-11-15-12-32(30-18(15)13-31)17-7-5-16(25)6-8-17/h4-9,12H,11,13H2,1-3H3. The van der Waals surface area contributed by atoms with E-state index >= 15 is 0 Å². The van der Waals surface area contributed by atoms with E-state index in [1.54, 1.807) is 23.0 Å². The molecule has 0 bridgehead atoms. The summed E-state index contributed by atoms with van der Waals surface area (Å²) in [5, 5.41) is 13.9. The minimum Gasteiger partial charge on any atom is -0.494 e. The number of nitriles is 1. The first-order valence-electron chi connectivity index (χ1n) is 10.4. The van der Waals surface area contributed by atoms with Crippen molar-refractivity contribution in [2.24, 2.45) is 0 Å². The van der Waals surface area contributed by atoms with Crippen LogP contribution in [0.25, 0.3) is 5.69 Å². The van der Waals surface area contributed by atoms with Crippen LogP contribution in [-0.2, 0) is 13.1 Å². The second kappa shape index (κ2) is 8.61. The van der Waals surface area contributed by atoms with E-state index in [1.165, 1.54) is 30.2 Å². The van der Waals surface area contributed by atoms with Crippen molar-refractivity contribution in [2.45, 2.75) is 38.7 Å². The monoisotopic (exact) mass is 488 g/mol. The molecule has 182 valence electrons. The Morgan fingerprint density at radius 2 is 1.80 bits per heavy atom. The molecular formula is C24H20F4N4O3. The Morgan fingerprint density at radius 3 is 2.37 bits per heavy atom. The maximum atomic E-state index is 13.5. The number of carbonyl (C=O) groups is 1. The van der Waals surface area contributed by atoms with Crippen LogP contribution in [0.15, 0.2) is 42.6 Å². The largest absolute Gasteiger partial charge is 0.494 e. The van der Waals surface area contributed by atoms with Gasteiger partial charge in [-0.3, -0.25) is 4.79 Å². The number of fused-ring (bicyclic) bond motifs is 1. The Hall–Kier alpha value is -4.07. The molecule has 0 unspecified atom stereocenters. The van der Waals surface area contributed by atoms with Crippen molar-refractivity contribution in [3.05, 3.63) is 70.8 Å². The van der Waals surface area contributed by atoms with Gasteiger partial charge in [-0.15, -0.1) is 0 Å². The summed E-state index contributed by atoms with van der Waals surface area (Å²) in [5.41, 5.74) is -0.975. The number of methoxy groups -OCH3 is 1. The molecule has 0 saturated carbocycles. The fraction of sp³-hybridized carbons (Fsp3) is 0.292. The van der Waals surface area contributed by atoms with Crippen molar-refractivity contribution in [3.63, 3.8) is 0 Å². The Labute approximate surface area is 198 Å². The lowest BCUT2D eigenvalue weighted by atomic mass is 10.0. The van der Waals surface area contributed by atoms with Gasteiger partial charge in [0.15, 0.2) is 11.4 Å². The Balaban J connectivity index is 1.66. The highest BCUT2D eigenvalue weighted by atomic mass is 19.4. The third kappa shape index (κ3) is 4.39. The van der Waals surface area contributed by atoms with Gasteiger partial charge in [-0.25, -0.2) is 9.07 Å². The lowest BCUT2D eigenvalue weighted by molar-refractivity contribution is -0.234. The van der Waals surface area contributed by atoms with Gasteiger partial charge in [0.1, 0.15) is 23.2 Å². The van der Waals surface area contributed by atoms with Gasteiger partial charge >= 0.3 is 6.18 Å². The molecule has 0 spiro atoms. The van der Waals surface area contributed by atoms with Crippen molar-refractivity contribution in [2.75, 3.05) is 7.11 Å². The van der Waals surface area contributed by atoms with E-state index < -0.39 is 17.7 Å². The highest BCUT2D eigenvalue weighted by molar-refractivity contribution is 6.00. The molecule has 1 aromatic heterocycles. The van der Waals surface area contributed by atoms with Crippen LogP contribution < -0.4 is 9.47 Å². The summed E-state index contributed by atoms with van der Waals surface area (Å²) in [5.74, 6) is -1.58. The number of aromatic nitrogens is 2. The van der Waals surface area contributed by atoms with E-state index in [0.717, 1.165) is 25.5 Å². The minimum absolute atomic E-state index is 0.0218. The quantitative estimate of drug-likeness (QED) is 0.484. The summed E-state index contributed by atoms with van der Waals surface area (Å²) in [6.45, 7) is 1.88. The number of amides is 1. The third-order valence-electron chi connectivity index (χ3n) is 5.66. The summed E-state index contributed by atoms with van der Waals surface area (Å²) in [4.78, 5) is 14.9. The molecule has 7 nitrogen and oxygen atoms in total. The van der Waals surface area contributed by atoms with Gasteiger partial charge in [-0.05, 0) is 50.2 Å². The number of hydrogen-bond acceptors (Lipinski definition) is 5. The number of rotatable bonds is 5. The predicted molar refractivity (Wildman–Crippen MR) is 116 cm³/mol. The van der Waals surface area contributed by atoms with Crippen LogP contribution in [0.2, 0.25) is 0 Å². The molecule has 0 fully saturated rings. The molecule has 4 rings (SSSR count). The fourth-order valence-corrected chi connectivity index (χ4v) is 3.67. The molecule has 3 aromatic rings. The summed E-state index contributed by atoms with van der Waals surface area (Å²) >= 11 is 0. The van der Waals surface area contributed by atoms with Gasteiger partial charge in [0.2, 0.25) is 0 Å². The molecule has 1 aliphatic rings.